The molecular weight excluding hydrogens is 280 g/mol. The maximum atomic E-state index is 11.8. The fraction of sp³-hybridized carbons (Fsp3) is 0.312. The van der Waals surface area contributed by atoms with Gasteiger partial charge in [-0.2, -0.15) is 0 Å². The molecule has 114 valence electrons. The van der Waals surface area contributed by atoms with Crippen molar-refractivity contribution in [2.24, 2.45) is 0 Å². The lowest BCUT2D eigenvalue weighted by molar-refractivity contribution is 0.0635. The van der Waals surface area contributed by atoms with Gasteiger partial charge in [-0.1, -0.05) is 0 Å². The lowest BCUT2D eigenvalue weighted by Gasteiger charge is -2.19. The van der Waals surface area contributed by atoms with Crippen LogP contribution in [0.15, 0.2) is 30.7 Å². The number of pyridine rings is 2. The Balaban J connectivity index is 1.99. The molecule has 0 saturated carbocycles. The van der Waals surface area contributed by atoms with Crippen molar-refractivity contribution in [3.63, 3.8) is 0 Å². The monoisotopic (exact) mass is 298 g/mol. The number of carbonyl (C=O) groups excluding carboxylic acids is 1. The minimum Gasteiger partial charge on any atom is -0.444 e. The molecule has 3 aromatic heterocycles. The van der Waals surface area contributed by atoms with Crippen LogP contribution in [0.2, 0.25) is 0 Å². The number of aryl methyl sites for hydroxylation is 1. The Morgan fingerprint density at radius 1 is 1.27 bits per heavy atom. The van der Waals surface area contributed by atoms with Crippen LogP contribution in [0.25, 0.3) is 16.4 Å². The molecule has 0 aliphatic heterocycles. The number of hydrogen-bond donors (Lipinski definition) is 1. The van der Waals surface area contributed by atoms with E-state index in [0.717, 1.165) is 22.1 Å². The molecule has 22 heavy (non-hydrogen) atoms. The van der Waals surface area contributed by atoms with Gasteiger partial charge in [-0.05, 0) is 39.8 Å². The number of ether oxygens (including phenoxy) is 1. The van der Waals surface area contributed by atoms with Gasteiger partial charge in [0.15, 0.2) is 0 Å². The van der Waals surface area contributed by atoms with E-state index in [-0.39, 0.29) is 0 Å². The Labute approximate surface area is 128 Å². The van der Waals surface area contributed by atoms with Crippen molar-refractivity contribution in [2.45, 2.75) is 33.3 Å². The average molecular weight is 298 g/mol. The van der Waals surface area contributed by atoms with Gasteiger partial charge >= 0.3 is 6.09 Å². The van der Waals surface area contributed by atoms with Crippen LogP contribution in [0, 0.1) is 6.92 Å². The number of fused-ring (bicyclic) bond motifs is 3. The van der Waals surface area contributed by atoms with E-state index in [1.165, 1.54) is 0 Å². The van der Waals surface area contributed by atoms with Crippen LogP contribution in [-0.4, -0.2) is 26.1 Å². The topological polar surface area (TPSA) is 68.5 Å². The van der Waals surface area contributed by atoms with Gasteiger partial charge in [-0.3, -0.25) is 5.32 Å². The Hall–Kier alpha value is -2.63. The zero-order valence-electron chi connectivity index (χ0n) is 13.0. The quantitative estimate of drug-likeness (QED) is 0.746. The van der Waals surface area contributed by atoms with Gasteiger partial charge in [0.1, 0.15) is 17.1 Å². The summed E-state index contributed by atoms with van der Waals surface area (Å²) in [6.07, 6.45) is 4.86. The molecule has 0 atom stereocenters. The number of aromatic nitrogens is 3. The second-order valence-electron chi connectivity index (χ2n) is 6.19. The highest BCUT2D eigenvalue weighted by Gasteiger charge is 2.17. The smallest absolute Gasteiger partial charge is 0.413 e. The summed E-state index contributed by atoms with van der Waals surface area (Å²) in [4.78, 5) is 20.5. The summed E-state index contributed by atoms with van der Waals surface area (Å²) < 4.78 is 7.23. The largest absolute Gasteiger partial charge is 0.444 e. The molecule has 6 nitrogen and oxygen atoms in total. The van der Waals surface area contributed by atoms with Crippen molar-refractivity contribution in [1.29, 1.82) is 0 Å². The molecule has 1 amide bonds. The predicted molar refractivity (Wildman–Crippen MR) is 85.1 cm³/mol. The molecule has 3 heterocycles. The average Bonchev–Trinajstić information content (AvgIpc) is 2.87. The minimum atomic E-state index is -0.547. The van der Waals surface area contributed by atoms with Crippen molar-refractivity contribution in [3.8, 4) is 0 Å². The van der Waals surface area contributed by atoms with Crippen LogP contribution in [0.5, 0.6) is 0 Å². The zero-order chi connectivity index (χ0) is 15.9. The number of rotatable bonds is 1. The van der Waals surface area contributed by atoms with Gasteiger partial charge in [0, 0.05) is 35.1 Å². The summed E-state index contributed by atoms with van der Waals surface area (Å²) in [6.45, 7) is 7.46. The maximum Gasteiger partial charge on any atom is 0.413 e. The fourth-order valence-corrected chi connectivity index (χ4v) is 2.33. The van der Waals surface area contributed by atoms with Crippen LogP contribution in [0.4, 0.5) is 10.6 Å². The Bertz CT molecular complexity index is 862. The molecule has 0 unspecified atom stereocenters. The second kappa shape index (κ2) is 4.98. The van der Waals surface area contributed by atoms with E-state index in [0.29, 0.717) is 5.82 Å². The van der Waals surface area contributed by atoms with Crippen molar-refractivity contribution in [2.75, 3.05) is 5.32 Å². The van der Waals surface area contributed by atoms with Gasteiger partial charge < -0.3 is 9.14 Å². The summed E-state index contributed by atoms with van der Waals surface area (Å²) >= 11 is 0. The molecule has 6 heteroatoms. The summed E-state index contributed by atoms with van der Waals surface area (Å²) in [5, 5.41) is 4.56. The molecule has 3 aromatic rings. The van der Waals surface area contributed by atoms with E-state index in [1.54, 1.807) is 18.5 Å². The van der Waals surface area contributed by atoms with Crippen LogP contribution >= 0.6 is 0 Å². The first-order valence-electron chi connectivity index (χ1n) is 7.06. The molecule has 0 fully saturated rings. The van der Waals surface area contributed by atoms with Crippen molar-refractivity contribution in [1.82, 2.24) is 14.4 Å². The fourth-order valence-electron chi connectivity index (χ4n) is 2.33. The highest BCUT2D eigenvalue weighted by molar-refractivity contribution is 5.97. The van der Waals surface area contributed by atoms with E-state index in [9.17, 15) is 4.79 Å². The summed E-state index contributed by atoms with van der Waals surface area (Å²) in [7, 11) is 0. The number of nitrogens with zero attached hydrogens (tertiary/aromatic N) is 3. The molecule has 1 N–H and O–H groups in total. The van der Waals surface area contributed by atoms with Crippen LogP contribution in [-0.2, 0) is 4.74 Å². The van der Waals surface area contributed by atoms with Crippen molar-refractivity contribution in [3.05, 3.63) is 36.4 Å². The van der Waals surface area contributed by atoms with Gasteiger partial charge in [0.2, 0.25) is 0 Å². The van der Waals surface area contributed by atoms with E-state index >= 15 is 0 Å². The summed E-state index contributed by atoms with van der Waals surface area (Å²) in [5.41, 5.74) is 1.37. The molecule has 0 aliphatic rings. The van der Waals surface area contributed by atoms with Crippen molar-refractivity contribution >= 4 is 28.3 Å². The normalized spacial score (nSPS) is 11.8. The minimum absolute atomic E-state index is 0.440. The Morgan fingerprint density at radius 2 is 2.05 bits per heavy atom. The van der Waals surface area contributed by atoms with Crippen LogP contribution in [0.3, 0.4) is 0 Å². The SMILES string of the molecule is Cc1cc2cnc(NC(=O)OC(C)(C)C)cc2c2nccn12. The number of imidazole rings is 1. The third-order valence-electron chi connectivity index (χ3n) is 3.19. The first-order chi connectivity index (χ1) is 10.3. The first-order valence-corrected chi connectivity index (χ1v) is 7.06. The molecule has 0 spiro atoms. The number of carbonyl (C=O) groups is 1. The van der Waals surface area contributed by atoms with Gasteiger partial charge in [0.25, 0.3) is 0 Å². The van der Waals surface area contributed by atoms with Crippen LogP contribution in [0.1, 0.15) is 26.5 Å². The highest BCUT2D eigenvalue weighted by Crippen LogP contribution is 2.23. The second-order valence-corrected chi connectivity index (χ2v) is 6.19. The molecular formula is C16H18N4O2. The third kappa shape index (κ3) is 2.72. The summed E-state index contributed by atoms with van der Waals surface area (Å²) in [5.74, 6) is 0.440. The third-order valence-corrected chi connectivity index (χ3v) is 3.19. The standard InChI is InChI=1S/C16H18N4O2/c1-10-7-11-9-18-13(19-15(21)22-16(2,3)4)8-12(11)14-17-5-6-20(10)14/h5-9H,1-4H3,(H,18,19,21). The van der Waals surface area contributed by atoms with E-state index < -0.39 is 11.7 Å². The van der Waals surface area contributed by atoms with Gasteiger partial charge in [-0.15, -0.1) is 0 Å². The Kier molecular flexibility index (Phi) is 3.24. The van der Waals surface area contributed by atoms with Crippen LogP contribution < -0.4 is 5.32 Å². The molecule has 0 radical (unpaired) electrons. The molecule has 0 aromatic carbocycles. The highest BCUT2D eigenvalue weighted by atomic mass is 16.6. The zero-order valence-corrected chi connectivity index (χ0v) is 13.0. The lowest BCUT2D eigenvalue weighted by Crippen LogP contribution is -2.27. The lowest BCUT2D eigenvalue weighted by atomic mass is 10.2. The molecule has 0 aliphatic carbocycles. The number of amides is 1. The maximum absolute atomic E-state index is 11.8. The van der Waals surface area contributed by atoms with Gasteiger partial charge in [0.05, 0.1) is 0 Å². The molecule has 3 rings (SSSR count). The molecule has 0 bridgehead atoms. The number of hydrogen-bond acceptors (Lipinski definition) is 4. The first kappa shape index (κ1) is 14.3. The summed E-state index contributed by atoms with van der Waals surface area (Å²) in [6, 6.07) is 3.84. The van der Waals surface area contributed by atoms with Crippen molar-refractivity contribution < 1.29 is 9.53 Å². The van der Waals surface area contributed by atoms with E-state index in [4.69, 9.17) is 4.74 Å². The number of nitrogens with one attached hydrogen (secondary N) is 1. The Morgan fingerprint density at radius 3 is 2.77 bits per heavy atom. The van der Waals surface area contributed by atoms with Gasteiger partial charge in [-0.25, -0.2) is 14.8 Å². The van der Waals surface area contributed by atoms with E-state index in [2.05, 4.69) is 15.3 Å². The van der Waals surface area contributed by atoms with E-state index in [1.807, 2.05) is 44.4 Å². The molecule has 0 saturated heterocycles. The number of anilines is 1. The predicted octanol–water partition coefficient (Wildman–Crippen LogP) is 3.54.